The van der Waals surface area contributed by atoms with Crippen molar-refractivity contribution in [2.75, 3.05) is 6.61 Å². The van der Waals surface area contributed by atoms with Crippen molar-refractivity contribution >= 4 is 8.32 Å². The van der Waals surface area contributed by atoms with Crippen LogP contribution in [-0.2, 0) is 4.43 Å². The van der Waals surface area contributed by atoms with E-state index < -0.39 is 8.32 Å². The first-order valence-electron chi connectivity index (χ1n) is 6.72. The zero-order valence-electron chi connectivity index (χ0n) is 12.8. The fourth-order valence-corrected chi connectivity index (χ4v) is 3.29. The Labute approximate surface area is 113 Å². The lowest BCUT2D eigenvalue weighted by atomic mass is 9.88. The molecule has 1 unspecified atom stereocenters. The molecule has 0 aromatic carbocycles. The lowest BCUT2D eigenvalue weighted by Gasteiger charge is -2.41. The van der Waals surface area contributed by atoms with Gasteiger partial charge in [0.25, 0.3) is 0 Å². The van der Waals surface area contributed by atoms with Crippen LogP contribution in [0.4, 0.5) is 0 Å². The lowest BCUT2D eigenvalue weighted by Crippen LogP contribution is -2.45. The molecule has 0 amide bonds. The predicted molar refractivity (Wildman–Crippen MR) is 80.2 cm³/mol. The van der Waals surface area contributed by atoms with E-state index in [2.05, 4.69) is 47.4 Å². The molecule has 0 aromatic heterocycles. The predicted octanol–water partition coefficient (Wildman–Crippen LogP) is 4.04. The van der Waals surface area contributed by atoms with Gasteiger partial charge in [-0.3, -0.25) is 0 Å². The van der Waals surface area contributed by atoms with Crippen LogP contribution in [0.25, 0.3) is 0 Å². The summed E-state index contributed by atoms with van der Waals surface area (Å²) < 4.78 is 6.43. The molecule has 1 atom stereocenters. The quantitative estimate of drug-likeness (QED) is 0.618. The lowest BCUT2D eigenvalue weighted by molar-refractivity contribution is 0.198. The second-order valence-electron chi connectivity index (χ2n) is 6.95. The minimum atomic E-state index is -1.76. The Morgan fingerprint density at radius 3 is 2.39 bits per heavy atom. The van der Waals surface area contributed by atoms with E-state index in [-0.39, 0.29) is 17.7 Å². The molecular weight excluding hydrogens is 240 g/mol. The summed E-state index contributed by atoms with van der Waals surface area (Å²) in [6.45, 7) is 17.7. The summed E-state index contributed by atoms with van der Waals surface area (Å²) >= 11 is 0. The van der Waals surface area contributed by atoms with Gasteiger partial charge in [0, 0.05) is 0 Å². The Hall–Kier alpha value is -0.383. The molecule has 2 nitrogen and oxygen atoms in total. The van der Waals surface area contributed by atoms with Crippen LogP contribution in [0.15, 0.2) is 23.3 Å². The molecule has 1 rings (SSSR count). The largest absolute Gasteiger partial charge is 0.410 e. The number of aliphatic hydroxyl groups excluding tert-OH is 1. The Morgan fingerprint density at radius 1 is 1.39 bits per heavy atom. The van der Waals surface area contributed by atoms with Crippen LogP contribution in [0.5, 0.6) is 0 Å². The molecule has 0 saturated carbocycles. The van der Waals surface area contributed by atoms with Crippen LogP contribution >= 0.6 is 0 Å². The van der Waals surface area contributed by atoms with Gasteiger partial charge < -0.3 is 9.53 Å². The molecule has 1 aliphatic rings. The van der Waals surface area contributed by atoms with E-state index in [0.717, 1.165) is 24.0 Å². The van der Waals surface area contributed by atoms with Crippen LogP contribution in [-0.4, -0.2) is 26.1 Å². The average Bonchev–Trinajstić information content (AvgIpc) is 2.20. The van der Waals surface area contributed by atoms with Gasteiger partial charge in [-0.2, -0.15) is 0 Å². The van der Waals surface area contributed by atoms with Crippen LogP contribution < -0.4 is 0 Å². The molecule has 0 aromatic rings. The van der Waals surface area contributed by atoms with E-state index in [0.29, 0.717) is 0 Å². The highest BCUT2D eigenvalue weighted by molar-refractivity contribution is 6.74. The molecule has 0 aliphatic heterocycles. The number of hydrogen-bond donors (Lipinski definition) is 1. The summed E-state index contributed by atoms with van der Waals surface area (Å²) in [4.78, 5) is 0. The second-order valence-corrected chi connectivity index (χ2v) is 11.7. The first-order chi connectivity index (χ1) is 8.08. The number of allylic oxidation sites excluding steroid dienone is 1. The molecule has 0 spiro atoms. The van der Waals surface area contributed by atoms with Gasteiger partial charge in [0.15, 0.2) is 8.32 Å². The number of hydrogen-bond acceptors (Lipinski definition) is 2. The fourth-order valence-electron chi connectivity index (χ4n) is 1.98. The maximum absolute atomic E-state index is 9.39. The van der Waals surface area contributed by atoms with Gasteiger partial charge in [-0.05, 0) is 49.0 Å². The molecule has 1 aliphatic carbocycles. The topological polar surface area (TPSA) is 29.5 Å². The molecule has 0 bridgehead atoms. The summed E-state index contributed by atoms with van der Waals surface area (Å²) in [6, 6.07) is 0. The van der Waals surface area contributed by atoms with E-state index in [1.807, 2.05) is 0 Å². The third-order valence-corrected chi connectivity index (χ3v) is 8.90. The van der Waals surface area contributed by atoms with Crippen molar-refractivity contribution in [2.24, 2.45) is 0 Å². The zero-order valence-corrected chi connectivity index (χ0v) is 13.8. The van der Waals surface area contributed by atoms with Gasteiger partial charge in [0.2, 0.25) is 0 Å². The Morgan fingerprint density at radius 2 is 1.94 bits per heavy atom. The van der Waals surface area contributed by atoms with Gasteiger partial charge in [-0.15, -0.1) is 0 Å². The van der Waals surface area contributed by atoms with Gasteiger partial charge in [0.05, 0.1) is 12.7 Å². The van der Waals surface area contributed by atoms with E-state index >= 15 is 0 Å². The normalized spacial score (nSPS) is 22.6. The smallest absolute Gasteiger partial charge is 0.192 e. The van der Waals surface area contributed by atoms with Crippen LogP contribution in [0.2, 0.25) is 18.1 Å². The van der Waals surface area contributed by atoms with Crippen molar-refractivity contribution in [1.82, 2.24) is 0 Å². The maximum atomic E-state index is 9.39. The second kappa shape index (κ2) is 5.31. The third-order valence-electron chi connectivity index (χ3n) is 4.42. The summed E-state index contributed by atoms with van der Waals surface area (Å²) in [5, 5.41) is 9.60. The monoisotopic (exact) mass is 268 g/mol. The van der Waals surface area contributed by atoms with Crippen molar-refractivity contribution in [3.05, 3.63) is 23.3 Å². The van der Waals surface area contributed by atoms with Gasteiger partial charge in [-0.1, -0.05) is 32.9 Å². The highest BCUT2D eigenvalue weighted by Gasteiger charge is 2.40. The number of rotatable bonds is 3. The van der Waals surface area contributed by atoms with Gasteiger partial charge >= 0.3 is 0 Å². The SMILES string of the molecule is C=C1CC(C)=C(CO)CC1O[Si](C)(C)C(C)(C)C. The molecule has 3 heteroatoms. The van der Waals surface area contributed by atoms with Crippen molar-refractivity contribution in [2.45, 2.75) is 64.8 Å². The highest BCUT2D eigenvalue weighted by Crippen LogP contribution is 2.40. The van der Waals surface area contributed by atoms with E-state index in [1.54, 1.807) is 0 Å². The van der Waals surface area contributed by atoms with E-state index in [4.69, 9.17) is 4.43 Å². The minimum absolute atomic E-state index is 0.0942. The molecule has 0 saturated heterocycles. The van der Waals surface area contributed by atoms with Gasteiger partial charge in [0.1, 0.15) is 0 Å². The van der Waals surface area contributed by atoms with Crippen LogP contribution in [0.3, 0.4) is 0 Å². The highest BCUT2D eigenvalue weighted by atomic mass is 28.4. The maximum Gasteiger partial charge on any atom is 0.192 e. The number of aliphatic hydroxyl groups is 1. The van der Waals surface area contributed by atoms with Crippen molar-refractivity contribution in [3.8, 4) is 0 Å². The molecule has 0 radical (unpaired) electrons. The Bertz CT molecular complexity index is 361. The average molecular weight is 268 g/mol. The van der Waals surface area contributed by atoms with Crippen molar-refractivity contribution in [1.29, 1.82) is 0 Å². The van der Waals surface area contributed by atoms with E-state index in [9.17, 15) is 5.11 Å². The third kappa shape index (κ3) is 3.34. The summed E-state index contributed by atoms with van der Waals surface area (Å²) in [5.41, 5.74) is 3.55. The minimum Gasteiger partial charge on any atom is -0.410 e. The molecule has 104 valence electrons. The standard InChI is InChI=1S/C15H28O2Si/c1-11-8-12(2)14(9-13(11)10-16)17-18(6,7)15(3,4)5/h14,16H,2,8-10H2,1,3-7H3. The molecule has 0 heterocycles. The molecule has 1 N–H and O–H groups in total. The summed E-state index contributed by atoms with van der Waals surface area (Å²) in [7, 11) is -1.76. The first-order valence-corrected chi connectivity index (χ1v) is 9.63. The van der Waals surface area contributed by atoms with E-state index in [1.165, 1.54) is 5.57 Å². The Kier molecular flexibility index (Phi) is 4.63. The summed E-state index contributed by atoms with van der Waals surface area (Å²) in [6.07, 6.45) is 1.78. The molecular formula is C15H28O2Si. The van der Waals surface area contributed by atoms with Gasteiger partial charge in [-0.25, -0.2) is 0 Å². The molecule has 0 fully saturated rings. The zero-order chi connectivity index (χ0) is 14.1. The summed E-state index contributed by atoms with van der Waals surface area (Å²) in [5.74, 6) is 0. The Balaban J connectivity index is 2.84. The first kappa shape index (κ1) is 15.7. The van der Waals surface area contributed by atoms with Crippen LogP contribution in [0, 0.1) is 0 Å². The van der Waals surface area contributed by atoms with Crippen LogP contribution in [0.1, 0.15) is 40.5 Å². The van der Waals surface area contributed by atoms with Crippen molar-refractivity contribution < 1.29 is 9.53 Å². The fraction of sp³-hybridized carbons (Fsp3) is 0.733. The van der Waals surface area contributed by atoms with Crippen molar-refractivity contribution in [3.63, 3.8) is 0 Å². The molecule has 18 heavy (non-hydrogen) atoms.